The van der Waals surface area contributed by atoms with Crippen molar-refractivity contribution in [2.75, 3.05) is 0 Å². The van der Waals surface area contributed by atoms with Crippen LogP contribution in [0, 0.1) is 11.6 Å². The van der Waals surface area contributed by atoms with Crippen molar-refractivity contribution in [3.63, 3.8) is 0 Å². The molecule has 0 saturated heterocycles. The number of primary amides is 1. The Morgan fingerprint density at radius 3 is 2.29 bits per heavy atom. The molecule has 1 rings (SSSR count). The predicted molar refractivity (Wildman–Crippen MR) is 39.4 cm³/mol. The number of hydrogen-bond donors (Lipinski definition) is 1. The standard InChI is InChI=1S/C8H5F4NO/c9-4-1-2-5(6(10)3-4)8(11,12)7(13)14/h1-3H,(H2,13,14). The second kappa shape index (κ2) is 3.28. The van der Waals surface area contributed by atoms with E-state index in [1.807, 2.05) is 0 Å². The fourth-order valence-corrected chi connectivity index (χ4v) is 0.877. The van der Waals surface area contributed by atoms with Gasteiger partial charge in [-0.25, -0.2) is 8.78 Å². The van der Waals surface area contributed by atoms with Gasteiger partial charge in [-0.05, 0) is 12.1 Å². The summed E-state index contributed by atoms with van der Waals surface area (Å²) in [4.78, 5) is 10.3. The fraction of sp³-hybridized carbons (Fsp3) is 0.125. The first-order valence-corrected chi connectivity index (χ1v) is 3.49. The van der Waals surface area contributed by atoms with Gasteiger partial charge in [0.05, 0.1) is 5.56 Å². The van der Waals surface area contributed by atoms with E-state index in [4.69, 9.17) is 0 Å². The molecule has 2 nitrogen and oxygen atoms in total. The molecule has 0 aliphatic heterocycles. The lowest BCUT2D eigenvalue weighted by molar-refractivity contribution is -0.143. The molecule has 0 heterocycles. The molecule has 1 aromatic carbocycles. The van der Waals surface area contributed by atoms with Crippen molar-refractivity contribution in [2.24, 2.45) is 5.73 Å². The average Bonchev–Trinajstić information content (AvgIpc) is 2.02. The number of nitrogens with two attached hydrogens (primary N) is 1. The van der Waals surface area contributed by atoms with Crippen molar-refractivity contribution in [2.45, 2.75) is 5.92 Å². The van der Waals surface area contributed by atoms with Crippen LogP contribution in [0.1, 0.15) is 5.56 Å². The second-order valence-electron chi connectivity index (χ2n) is 2.56. The summed E-state index contributed by atoms with van der Waals surface area (Å²) in [7, 11) is 0. The minimum atomic E-state index is -4.13. The molecule has 1 aromatic rings. The number of carbonyl (C=O) groups excluding carboxylic acids is 1. The maximum absolute atomic E-state index is 12.8. The van der Waals surface area contributed by atoms with E-state index in [0.29, 0.717) is 12.1 Å². The van der Waals surface area contributed by atoms with Crippen LogP contribution < -0.4 is 5.73 Å². The Hall–Kier alpha value is -1.59. The molecule has 0 fully saturated rings. The molecule has 0 radical (unpaired) electrons. The van der Waals surface area contributed by atoms with Gasteiger partial charge in [0.1, 0.15) is 11.6 Å². The Morgan fingerprint density at radius 2 is 1.86 bits per heavy atom. The molecule has 6 heteroatoms. The van der Waals surface area contributed by atoms with Crippen molar-refractivity contribution < 1.29 is 22.4 Å². The quantitative estimate of drug-likeness (QED) is 0.734. The SMILES string of the molecule is NC(=O)C(F)(F)c1ccc(F)cc1F. The van der Waals surface area contributed by atoms with Gasteiger partial charge in [-0.3, -0.25) is 4.79 Å². The molecule has 0 saturated carbocycles. The van der Waals surface area contributed by atoms with Gasteiger partial charge < -0.3 is 5.73 Å². The third-order valence-electron chi connectivity index (χ3n) is 1.58. The zero-order valence-electron chi connectivity index (χ0n) is 6.73. The molecule has 1 amide bonds. The van der Waals surface area contributed by atoms with E-state index in [0.717, 1.165) is 0 Å². The lowest BCUT2D eigenvalue weighted by Crippen LogP contribution is -2.33. The van der Waals surface area contributed by atoms with E-state index in [2.05, 4.69) is 5.73 Å². The number of carbonyl (C=O) groups is 1. The van der Waals surface area contributed by atoms with Gasteiger partial charge in [0, 0.05) is 6.07 Å². The Labute approximate surface area is 76.3 Å². The molecule has 76 valence electrons. The van der Waals surface area contributed by atoms with Crippen LogP contribution in [0.4, 0.5) is 17.6 Å². The largest absolute Gasteiger partial charge is 0.364 e. The molecule has 0 aromatic heterocycles. The Kier molecular flexibility index (Phi) is 2.46. The summed E-state index contributed by atoms with van der Waals surface area (Å²) in [5.41, 5.74) is 3.13. The van der Waals surface area contributed by atoms with Gasteiger partial charge in [0.15, 0.2) is 0 Å². The Bertz CT molecular complexity index is 378. The molecule has 14 heavy (non-hydrogen) atoms. The number of alkyl halides is 2. The summed E-state index contributed by atoms with van der Waals surface area (Å²) in [6.07, 6.45) is 0. The molecule has 0 bridgehead atoms. The van der Waals surface area contributed by atoms with E-state index < -0.39 is 29.0 Å². The molecular formula is C8H5F4NO. The summed E-state index contributed by atoms with van der Waals surface area (Å²) >= 11 is 0. The van der Waals surface area contributed by atoms with Gasteiger partial charge >= 0.3 is 5.92 Å². The highest BCUT2D eigenvalue weighted by atomic mass is 19.3. The van der Waals surface area contributed by atoms with Crippen LogP contribution in [0.15, 0.2) is 18.2 Å². The normalized spacial score (nSPS) is 11.4. The van der Waals surface area contributed by atoms with Gasteiger partial charge in [0.2, 0.25) is 0 Å². The van der Waals surface area contributed by atoms with Crippen molar-refractivity contribution >= 4 is 5.91 Å². The van der Waals surface area contributed by atoms with Crippen molar-refractivity contribution in [1.29, 1.82) is 0 Å². The lowest BCUT2D eigenvalue weighted by Gasteiger charge is -2.12. The maximum Gasteiger partial charge on any atom is 0.352 e. The first kappa shape index (κ1) is 10.5. The highest BCUT2D eigenvalue weighted by molar-refractivity contribution is 5.83. The first-order chi connectivity index (χ1) is 6.35. The number of benzene rings is 1. The van der Waals surface area contributed by atoms with Gasteiger partial charge in [-0.2, -0.15) is 8.78 Å². The minimum Gasteiger partial charge on any atom is -0.364 e. The molecule has 0 unspecified atom stereocenters. The van der Waals surface area contributed by atoms with E-state index >= 15 is 0 Å². The average molecular weight is 207 g/mol. The number of halogens is 4. The zero-order valence-corrected chi connectivity index (χ0v) is 6.73. The number of rotatable bonds is 2. The predicted octanol–water partition coefficient (Wildman–Crippen LogP) is 1.54. The van der Waals surface area contributed by atoms with Crippen LogP contribution in [-0.4, -0.2) is 5.91 Å². The molecule has 2 N–H and O–H groups in total. The fourth-order valence-electron chi connectivity index (χ4n) is 0.877. The summed E-state index contributed by atoms with van der Waals surface area (Å²) < 4.78 is 50.8. The molecule has 0 aliphatic carbocycles. The van der Waals surface area contributed by atoms with Gasteiger partial charge in [-0.1, -0.05) is 0 Å². The van der Waals surface area contributed by atoms with Crippen LogP contribution >= 0.6 is 0 Å². The molecule has 0 spiro atoms. The van der Waals surface area contributed by atoms with Crippen molar-refractivity contribution in [3.8, 4) is 0 Å². The van der Waals surface area contributed by atoms with Crippen LogP contribution in [-0.2, 0) is 10.7 Å². The first-order valence-electron chi connectivity index (χ1n) is 3.49. The van der Waals surface area contributed by atoms with Gasteiger partial charge in [0.25, 0.3) is 5.91 Å². The Balaban J connectivity index is 3.26. The highest BCUT2D eigenvalue weighted by Gasteiger charge is 2.41. The van der Waals surface area contributed by atoms with Crippen molar-refractivity contribution in [1.82, 2.24) is 0 Å². The number of amides is 1. The van der Waals surface area contributed by atoms with E-state index in [-0.39, 0.29) is 6.07 Å². The Morgan fingerprint density at radius 1 is 1.29 bits per heavy atom. The smallest absolute Gasteiger partial charge is 0.352 e. The topological polar surface area (TPSA) is 43.1 Å². The second-order valence-corrected chi connectivity index (χ2v) is 2.56. The minimum absolute atomic E-state index is 0.256. The third kappa shape index (κ3) is 1.68. The van der Waals surface area contributed by atoms with E-state index in [1.165, 1.54) is 0 Å². The van der Waals surface area contributed by atoms with Crippen molar-refractivity contribution in [3.05, 3.63) is 35.4 Å². The molecule has 0 atom stereocenters. The third-order valence-corrected chi connectivity index (χ3v) is 1.58. The summed E-state index contributed by atoms with van der Waals surface area (Å²) in [6, 6.07) is 1.36. The summed E-state index contributed by atoms with van der Waals surface area (Å²) in [6.45, 7) is 0. The van der Waals surface area contributed by atoms with Crippen LogP contribution in [0.2, 0.25) is 0 Å². The monoisotopic (exact) mass is 207 g/mol. The summed E-state index contributed by atoms with van der Waals surface area (Å²) in [5.74, 6) is -8.62. The molecule has 0 aliphatic rings. The van der Waals surface area contributed by atoms with E-state index in [9.17, 15) is 22.4 Å². The van der Waals surface area contributed by atoms with Crippen LogP contribution in [0.3, 0.4) is 0 Å². The lowest BCUT2D eigenvalue weighted by atomic mass is 10.1. The highest BCUT2D eigenvalue weighted by Crippen LogP contribution is 2.29. The van der Waals surface area contributed by atoms with Crippen LogP contribution in [0.25, 0.3) is 0 Å². The van der Waals surface area contributed by atoms with Gasteiger partial charge in [-0.15, -0.1) is 0 Å². The zero-order chi connectivity index (χ0) is 10.9. The summed E-state index contributed by atoms with van der Waals surface area (Å²) in [5, 5.41) is 0. The molecular weight excluding hydrogens is 202 g/mol. The van der Waals surface area contributed by atoms with Crippen LogP contribution in [0.5, 0.6) is 0 Å². The number of hydrogen-bond acceptors (Lipinski definition) is 1. The maximum atomic E-state index is 12.8. The van der Waals surface area contributed by atoms with E-state index in [1.54, 1.807) is 0 Å².